The molecule has 0 aliphatic carbocycles. The van der Waals surface area contributed by atoms with Crippen LogP contribution in [0.3, 0.4) is 0 Å². The molecule has 0 atom stereocenters. The summed E-state index contributed by atoms with van der Waals surface area (Å²) >= 11 is 9.03. The maximum absolute atomic E-state index is 12.4. The van der Waals surface area contributed by atoms with Crippen LogP contribution in [0.15, 0.2) is 29.1 Å². The monoisotopic (exact) mass is 351 g/mol. The zero-order valence-corrected chi connectivity index (χ0v) is 11.8. The van der Waals surface area contributed by atoms with Crippen molar-refractivity contribution in [2.24, 2.45) is 0 Å². The van der Waals surface area contributed by atoms with Gasteiger partial charge in [-0.05, 0) is 28.1 Å². The van der Waals surface area contributed by atoms with Crippen LogP contribution in [0.4, 0.5) is 14.5 Å². The summed E-state index contributed by atoms with van der Waals surface area (Å²) in [4.78, 5) is 6.75. The van der Waals surface area contributed by atoms with Crippen molar-refractivity contribution in [3.8, 4) is 5.75 Å². The number of ether oxygens (including phenoxy) is 1. The van der Waals surface area contributed by atoms with Crippen LogP contribution < -0.4 is 10.1 Å². The Labute approximate surface area is 121 Å². The summed E-state index contributed by atoms with van der Waals surface area (Å²) in [6.45, 7) is -2.53. The van der Waals surface area contributed by atoms with Gasteiger partial charge >= 0.3 is 6.61 Å². The normalized spacial score (nSPS) is 10.8. The Bertz CT molecular complexity index is 551. The van der Waals surface area contributed by atoms with Gasteiger partial charge in [-0.15, -0.1) is 0 Å². The quantitative estimate of drug-likeness (QED) is 0.854. The third-order valence-electron chi connectivity index (χ3n) is 2.24. The molecule has 1 heterocycles. The average molecular weight is 353 g/mol. The van der Waals surface area contributed by atoms with E-state index in [9.17, 15) is 8.78 Å². The topological polar surface area (TPSA) is 49.9 Å². The highest BCUT2D eigenvalue weighted by atomic mass is 79.9. The molecule has 0 saturated heterocycles. The average Bonchev–Trinajstić information content (AvgIpc) is 2.83. The van der Waals surface area contributed by atoms with Crippen LogP contribution in [0.1, 0.15) is 5.69 Å². The standard InChI is InChI=1S/C11H9BrClF2N3O/c12-8-1-6(13)2-9(10(8)19-11(14)15)17-4-7-3-16-5-18-7/h1-3,5,11,17H,4H2,(H,16,18). The Morgan fingerprint density at radius 1 is 1.47 bits per heavy atom. The third kappa shape index (κ3) is 3.81. The first-order valence-electron chi connectivity index (χ1n) is 5.21. The lowest BCUT2D eigenvalue weighted by Crippen LogP contribution is -2.07. The molecule has 0 bridgehead atoms. The number of hydrogen-bond acceptors (Lipinski definition) is 3. The molecule has 0 aliphatic rings. The summed E-state index contributed by atoms with van der Waals surface area (Å²) < 4.78 is 29.6. The van der Waals surface area contributed by atoms with Crippen LogP contribution in [-0.2, 0) is 6.54 Å². The van der Waals surface area contributed by atoms with Gasteiger partial charge < -0.3 is 15.0 Å². The van der Waals surface area contributed by atoms with E-state index >= 15 is 0 Å². The summed E-state index contributed by atoms with van der Waals surface area (Å²) in [7, 11) is 0. The summed E-state index contributed by atoms with van der Waals surface area (Å²) in [5.74, 6) is 0.0129. The Kier molecular flexibility index (Phi) is 4.60. The van der Waals surface area contributed by atoms with Crippen LogP contribution in [0.2, 0.25) is 5.02 Å². The minimum Gasteiger partial charge on any atom is -0.431 e. The van der Waals surface area contributed by atoms with Gasteiger partial charge in [0.1, 0.15) is 0 Å². The second-order valence-electron chi connectivity index (χ2n) is 3.57. The molecule has 102 valence electrons. The van der Waals surface area contributed by atoms with Crippen molar-refractivity contribution in [1.29, 1.82) is 0 Å². The number of rotatable bonds is 5. The number of nitrogens with one attached hydrogen (secondary N) is 2. The molecule has 0 amide bonds. The van der Waals surface area contributed by atoms with Crippen LogP contribution >= 0.6 is 27.5 Å². The number of H-pyrrole nitrogens is 1. The fourth-order valence-electron chi connectivity index (χ4n) is 1.47. The van der Waals surface area contributed by atoms with E-state index in [0.717, 1.165) is 5.69 Å². The highest BCUT2D eigenvalue weighted by molar-refractivity contribution is 9.10. The molecule has 1 aromatic heterocycles. The van der Waals surface area contributed by atoms with Gasteiger partial charge in [0.15, 0.2) is 5.75 Å². The number of hydrogen-bond donors (Lipinski definition) is 2. The Hall–Kier alpha value is -1.34. The van der Waals surface area contributed by atoms with E-state index in [1.54, 1.807) is 6.20 Å². The van der Waals surface area contributed by atoms with Gasteiger partial charge in [-0.3, -0.25) is 0 Å². The molecule has 2 N–H and O–H groups in total. The van der Waals surface area contributed by atoms with E-state index in [0.29, 0.717) is 21.7 Å². The van der Waals surface area contributed by atoms with Crippen molar-refractivity contribution < 1.29 is 13.5 Å². The van der Waals surface area contributed by atoms with Crippen molar-refractivity contribution in [2.45, 2.75) is 13.2 Å². The lowest BCUT2D eigenvalue weighted by molar-refractivity contribution is -0.0498. The number of halogens is 4. The molecule has 1 aromatic carbocycles. The van der Waals surface area contributed by atoms with E-state index < -0.39 is 6.61 Å². The van der Waals surface area contributed by atoms with Crippen LogP contribution in [0.5, 0.6) is 5.75 Å². The first-order chi connectivity index (χ1) is 9.06. The zero-order valence-electron chi connectivity index (χ0n) is 9.46. The fourth-order valence-corrected chi connectivity index (χ4v) is 2.38. The van der Waals surface area contributed by atoms with Crippen LogP contribution in [0, 0.1) is 0 Å². The Morgan fingerprint density at radius 3 is 2.89 bits per heavy atom. The number of benzene rings is 1. The van der Waals surface area contributed by atoms with Gasteiger partial charge in [-0.25, -0.2) is 4.98 Å². The molecule has 0 fully saturated rings. The molecule has 0 saturated carbocycles. The SMILES string of the molecule is FC(F)Oc1c(Br)cc(Cl)cc1NCc1cnc[nH]1. The molecule has 0 radical (unpaired) electrons. The van der Waals surface area contributed by atoms with Crippen molar-refractivity contribution in [3.63, 3.8) is 0 Å². The Balaban J connectivity index is 2.21. The van der Waals surface area contributed by atoms with E-state index in [2.05, 4.69) is 36.0 Å². The lowest BCUT2D eigenvalue weighted by Gasteiger charge is -2.14. The maximum atomic E-state index is 12.4. The molecule has 8 heteroatoms. The first-order valence-corrected chi connectivity index (χ1v) is 6.38. The van der Waals surface area contributed by atoms with Gasteiger partial charge in [0.25, 0.3) is 0 Å². The predicted molar refractivity (Wildman–Crippen MR) is 71.7 cm³/mol. The van der Waals surface area contributed by atoms with E-state index in [4.69, 9.17) is 11.6 Å². The molecule has 0 aliphatic heterocycles. The highest BCUT2D eigenvalue weighted by Crippen LogP contribution is 2.37. The maximum Gasteiger partial charge on any atom is 0.387 e. The minimum atomic E-state index is -2.91. The van der Waals surface area contributed by atoms with Crippen LogP contribution in [0.25, 0.3) is 0 Å². The summed E-state index contributed by atoms with van der Waals surface area (Å²) in [5, 5.41) is 3.36. The van der Waals surface area contributed by atoms with Crippen molar-refractivity contribution in [1.82, 2.24) is 9.97 Å². The van der Waals surface area contributed by atoms with E-state index in [-0.39, 0.29) is 5.75 Å². The zero-order chi connectivity index (χ0) is 13.8. The molecule has 4 nitrogen and oxygen atoms in total. The molecule has 2 rings (SSSR count). The predicted octanol–water partition coefficient (Wildman–Crippen LogP) is 4.04. The van der Waals surface area contributed by atoms with E-state index in [1.807, 2.05) is 0 Å². The smallest absolute Gasteiger partial charge is 0.387 e. The van der Waals surface area contributed by atoms with Gasteiger partial charge in [0, 0.05) is 11.2 Å². The van der Waals surface area contributed by atoms with Crippen molar-refractivity contribution in [3.05, 3.63) is 39.8 Å². The number of anilines is 1. The number of aromatic amines is 1. The molecule has 19 heavy (non-hydrogen) atoms. The van der Waals surface area contributed by atoms with Gasteiger partial charge in [-0.2, -0.15) is 8.78 Å². The summed E-state index contributed by atoms with van der Waals surface area (Å²) in [5.41, 5.74) is 1.17. The fraction of sp³-hybridized carbons (Fsp3) is 0.182. The van der Waals surface area contributed by atoms with E-state index in [1.165, 1.54) is 18.5 Å². The molecule has 2 aromatic rings. The highest BCUT2D eigenvalue weighted by Gasteiger charge is 2.15. The number of nitrogens with zero attached hydrogens (tertiary/aromatic N) is 1. The Morgan fingerprint density at radius 2 is 2.26 bits per heavy atom. The molecule has 0 unspecified atom stereocenters. The third-order valence-corrected chi connectivity index (χ3v) is 3.05. The number of alkyl halides is 2. The number of imidazole rings is 1. The van der Waals surface area contributed by atoms with Crippen molar-refractivity contribution in [2.75, 3.05) is 5.32 Å². The molecular formula is C11H9BrClF2N3O. The molecular weight excluding hydrogens is 343 g/mol. The largest absolute Gasteiger partial charge is 0.431 e. The summed E-state index contributed by atoms with van der Waals surface area (Å²) in [6.07, 6.45) is 3.15. The second-order valence-corrected chi connectivity index (χ2v) is 4.86. The summed E-state index contributed by atoms with van der Waals surface area (Å²) in [6, 6.07) is 3.00. The molecule has 0 spiro atoms. The lowest BCUT2D eigenvalue weighted by atomic mass is 10.3. The number of aromatic nitrogens is 2. The van der Waals surface area contributed by atoms with Crippen molar-refractivity contribution >= 4 is 33.2 Å². The van der Waals surface area contributed by atoms with Gasteiger partial charge in [-0.1, -0.05) is 11.6 Å². The van der Waals surface area contributed by atoms with Gasteiger partial charge in [0.05, 0.1) is 28.7 Å². The van der Waals surface area contributed by atoms with Gasteiger partial charge in [0.2, 0.25) is 0 Å². The minimum absolute atomic E-state index is 0.0129. The van der Waals surface area contributed by atoms with Crippen LogP contribution in [-0.4, -0.2) is 16.6 Å². The first kappa shape index (κ1) is 14.1. The second kappa shape index (κ2) is 6.21.